The molecule has 1 N–H and O–H groups in total. The Bertz CT molecular complexity index is 733. The molecule has 0 saturated heterocycles. The van der Waals surface area contributed by atoms with Gasteiger partial charge in [-0.25, -0.2) is 0 Å². The molecule has 4 heteroatoms. The highest BCUT2D eigenvalue weighted by Gasteiger charge is 2.03. The van der Waals surface area contributed by atoms with E-state index in [1.54, 1.807) is 30.3 Å². The molecule has 0 saturated carbocycles. The molecule has 0 unspecified atom stereocenters. The number of hydrogen-bond donors (Lipinski definition) is 1. The van der Waals surface area contributed by atoms with Crippen LogP contribution in [0, 0.1) is 0 Å². The second-order valence-electron chi connectivity index (χ2n) is 5.34. The molecule has 0 radical (unpaired) electrons. The van der Waals surface area contributed by atoms with Crippen molar-refractivity contribution in [2.75, 3.05) is 11.9 Å². The molecule has 24 heavy (non-hydrogen) atoms. The number of benzene rings is 2. The third-order valence-electron chi connectivity index (χ3n) is 3.35. The van der Waals surface area contributed by atoms with Crippen molar-refractivity contribution in [3.05, 3.63) is 65.7 Å². The number of carbonyl (C=O) groups is 2. The molecule has 2 aromatic rings. The summed E-state index contributed by atoms with van der Waals surface area (Å²) in [5.41, 5.74) is 2.11. The van der Waals surface area contributed by atoms with Gasteiger partial charge in [-0.3, -0.25) is 9.59 Å². The number of amides is 1. The Morgan fingerprint density at radius 2 is 1.79 bits per heavy atom. The van der Waals surface area contributed by atoms with E-state index in [2.05, 4.69) is 5.32 Å². The Balaban J connectivity index is 2.01. The van der Waals surface area contributed by atoms with E-state index in [-0.39, 0.29) is 11.7 Å². The van der Waals surface area contributed by atoms with Crippen molar-refractivity contribution < 1.29 is 14.3 Å². The molecule has 0 aliphatic rings. The van der Waals surface area contributed by atoms with Crippen LogP contribution < -0.4 is 10.1 Å². The van der Waals surface area contributed by atoms with Gasteiger partial charge < -0.3 is 10.1 Å². The smallest absolute Gasteiger partial charge is 0.248 e. The molecule has 0 heterocycles. The van der Waals surface area contributed by atoms with Gasteiger partial charge in [0.15, 0.2) is 5.78 Å². The zero-order chi connectivity index (χ0) is 17.4. The van der Waals surface area contributed by atoms with Crippen molar-refractivity contribution in [2.45, 2.75) is 20.3 Å². The monoisotopic (exact) mass is 323 g/mol. The van der Waals surface area contributed by atoms with Crippen LogP contribution in [0.2, 0.25) is 0 Å². The van der Waals surface area contributed by atoms with Crippen LogP contribution in [0.15, 0.2) is 54.6 Å². The summed E-state index contributed by atoms with van der Waals surface area (Å²) < 4.78 is 5.66. The Morgan fingerprint density at radius 1 is 1.08 bits per heavy atom. The number of hydrogen-bond acceptors (Lipinski definition) is 3. The lowest BCUT2D eigenvalue weighted by Crippen LogP contribution is -2.08. The quantitative estimate of drug-likeness (QED) is 0.609. The van der Waals surface area contributed by atoms with E-state index in [0.29, 0.717) is 17.9 Å². The number of para-hydroxylation sites is 1. The Hall–Kier alpha value is -2.88. The van der Waals surface area contributed by atoms with E-state index in [4.69, 9.17) is 4.74 Å². The first-order valence-corrected chi connectivity index (χ1v) is 7.92. The van der Waals surface area contributed by atoms with Crippen molar-refractivity contribution in [1.29, 1.82) is 0 Å². The van der Waals surface area contributed by atoms with Crippen LogP contribution in [0.25, 0.3) is 6.08 Å². The van der Waals surface area contributed by atoms with E-state index in [1.165, 1.54) is 13.0 Å². The van der Waals surface area contributed by atoms with E-state index in [0.717, 1.165) is 17.7 Å². The highest BCUT2D eigenvalue weighted by atomic mass is 16.5. The van der Waals surface area contributed by atoms with E-state index < -0.39 is 0 Å². The van der Waals surface area contributed by atoms with Gasteiger partial charge in [0.1, 0.15) is 5.75 Å². The van der Waals surface area contributed by atoms with Crippen molar-refractivity contribution in [3.63, 3.8) is 0 Å². The molecule has 0 bridgehead atoms. The second kappa shape index (κ2) is 8.67. The maximum atomic E-state index is 12.0. The van der Waals surface area contributed by atoms with Gasteiger partial charge in [0, 0.05) is 22.9 Å². The second-order valence-corrected chi connectivity index (χ2v) is 5.34. The summed E-state index contributed by atoms with van der Waals surface area (Å²) in [6.07, 6.45) is 4.12. The summed E-state index contributed by atoms with van der Waals surface area (Å²) in [5.74, 6) is 0.515. The predicted octanol–water partition coefficient (Wildman–Crippen LogP) is 4.33. The zero-order valence-electron chi connectivity index (χ0n) is 13.9. The molecule has 0 fully saturated rings. The fraction of sp³-hybridized carbons (Fsp3) is 0.200. The van der Waals surface area contributed by atoms with E-state index in [1.807, 2.05) is 31.2 Å². The maximum absolute atomic E-state index is 12.0. The molecule has 4 nitrogen and oxygen atoms in total. The topological polar surface area (TPSA) is 55.4 Å². The van der Waals surface area contributed by atoms with E-state index in [9.17, 15) is 9.59 Å². The lowest BCUT2D eigenvalue weighted by molar-refractivity contribution is -0.111. The van der Waals surface area contributed by atoms with E-state index >= 15 is 0 Å². The summed E-state index contributed by atoms with van der Waals surface area (Å²) in [5, 5.41) is 2.76. The Kier molecular flexibility index (Phi) is 6.32. The first kappa shape index (κ1) is 17.5. The van der Waals surface area contributed by atoms with Gasteiger partial charge in [0.05, 0.1) is 6.61 Å². The fourth-order valence-electron chi connectivity index (χ4n) is 2.10. The Morgan fingerprint density at radius 3 is 2.46 bits per heavy atom. The van der Waals surface area contributed by atoms with Gasteiger partial charge in [-0.05, 0) is 49.8 Å². The summed E-state index contributed by atoms with van der Waals surface area (Å²) in [7, 11) is 0. The molecule has 1 amide bonds. The third-order valence-corrected chi connectivity index (χ3v) is 3.35. The minimum absolute atomic E-state index is 0.00328. The van der Waals surface area contributed by atoms with Crippen molar-refractivity contribution >= 4 is 23.5 Å². The van der Waals surface area contributed by atoms with Gasteiger partial charge >= 0.3 is 0 Å². The zero-order valence-corrected chi connectivity index (χ0v) is 13.9. The number of anilines is 1. The minimum Gasteiger partial charge on any atom is -0.493 e. The van der Waals surface area contributed by atoms with Gasteiger partial charge in [0.2, 0.25) is 5.91 Å². The summed E-state index contributed by atoms with van der Waals surface area (Å²) in [6.45, 7) is 4.19. The first-order chi connectivity index (χ1) is 11.6. The largest absolute Gasteiger partial charge is 0.493 e. The van der Waals surface area contributed by atoms with Gasteiger partial charge in [-0.15, -0.1) is 0 Å². The standard InChI is InChI=1S/C20H21NO3/c1-3-14-24-19-7-5-4-6-17(19)10-13-20(23)21-18-11-8-16(9-12-18)15(2)22/h4-13H,3,14H2,1-2H3,(H,21,23). The van der Waals surface area contributed by atoms with Crippen LogP contribution in [0.3, 0.4) is 0 Å². The predicted molar refractivity (Wildman–Crippen MR) is 96.3 cm³/mol. The molecule has 0 aromatic heterocycles. The summed E-state index contributed by atoms with van der Waals surface area (Å²) in [4.78, 5) is 23.3. The molecule has 0 spiro atoms. The van der Waals surface area contributed by atoms with Crippen LogP contribution in [0.4, 0.5) is 5.69 Å². The van der Waals surface area contributed by atoms with Crippen LogP contribution in [0.5, 0.6) is 5.75 Å². The number of ether oxygens (including phenoxy) is 1. The molecular formula is C20H21NO3. The lowest BCUT2D eigenvalue weighted by Gasteiger charge is -2.07. The Labute approximate surface area is 142 Å². The third kappa shape index (κ3) is 5.09. The van der Waals surface area contributed by atoms with Crippen LogP contribution in [-0.2, 0) is 4.79 Å². The average molecular weight is 323 g/mol. The molecule has 2 aromatic carbocycles. The molecule has 0 aliphatic carbocycles. The molecular weight excluding hydrogens is 302 g/mol. The summed E-state index contributed by atoms with van der Waals surface area (Å²) >= 11 is 0. The van der Waals surface area contributed by atoms with Gasteiger partial charge in [0.25, 0.3) is 0 Å². The number of nitrogens with one attached hydrogen (secondary N) is 1. The molecule has 0 aliphatic heterocycles. The number of rotatable bonds is 7. The van der Waals surface area contributed by atoms with Crippen LogP contribution in [-0.4, -0.2) is 18.3 Å². The number of carbonyl (C=O) groups excluding carboxylic acids is 2. The van der Waals surface area contributed by atoms with Crippen molar-refractivity contribution in [1.82, 2.24) is 0 Å². The molecule has 2 rings (SSSR count). The SMILES string of the molecule is CCCOc1ccccc1C=CC(=O)Nc1ccc(C(C)=O)cc1. The molecule has 0 atom stereocenters. The highest BCUT2D eigenvalue weighted by molar-refractivity contribution is 6.02. The van der Waals surface area contributed by atoms with Crippen LogP contribution >= 0.6 is 0 Å². The first-order valence-electron chi connectivity index (χ1n) is 7.92. The average Bonchev–Trinajstić information content (AvgIpc) is 2.59. The maximum Gasteiger partial charge on any atom is 0.248 e. The number of Topliss-reactive ketones (excluding diaryl/α,β-unsaturated/α-hetero) is 1. The van der Waals surface area contributed by atoms with Gasteiger partial charge in [-0.2, -0.15) is 0 Å². The minimum atomic E-state index is -0.240. The number of ketones is 1. The summed E-state index contributed by atoms with van der Waals surface area (Å²) in [6, 6.07) is 14.4. The normalized spacial score (nSPS) is 10.6. The van der Waals surface area contributed by atoms with Crippen molar-refractivity contribution in [2.24, 2.45) is 0 Å². The van der Waals surface area contributed by atoms with Gasteiger partial charge in [-0.1, -0.05) is 25.1 Å². The fourth-order valence-corrected chi connectivity index (χ4v) is 2.10. The van der Waals surface area contributed by atoms with Crippen LogP contribution in [0.1, 0.15) is 36.2 Å². The lowest BCUT2D eigenvalue weighted by atomic mass is 10.1. The van der Waals surface area contributed by atoms with Crippen molar-refractivity contribution in [3.8, 4) is 5.75 Å². The highest BCUT2D eigenvalue weighted by Crippen LogP contribution is 2.19. The molecule has 124 valence electrons.